The quantitative estimate of drug-likeness (QED) is 0.873. The molecule has 1 aromatic carbocycles. The van der Waals surface area contributed by atoms with Crippen molar-refractivity contribution in [3.63, 3.8) is 0 Å². The molecule has 1 N–H and O–H groups in total. The van der Waals surface area contributed by atoms with Gasteiger partial charge < -0.3 is 19.9 Å². The highest BCUT2D eigenvalue weighted by molar-refractivity contribution is 5.93. The summed E-state index contributed by atoms with van der Waals surface area (Å²) in [5, 5.41) is 3.26. The van der Waals surface area contributed by atoms with Crippen molar-refractivity contribution in [1.29, 1.82) is 0 Å². The predicted molar refractivity (Wildman–Crippen MR) is 106 cm³/mol. The first kappa shape index (κ1) is 19.6. The van der Waals surface area contributed by atoms with Crippen LogP contribution in [0, 0.1) is 13.8 Å². The maximum absolute atomic E-state index is 12.9. The molecule has 3 rings (SSSR count). The zero-order valence-corrected chi connectivity index (χ0v) is 16.4. The average molecular weight is 383 g/mol. The molecule has 28 heavy (non-hydrogen) atoms. The number of carbonyl (C=O) groups excluding carboxylic acids is 2. The molecule has 1 aliphatic heterocycles. The van der Waals surface area contributed by atoms with Gasteiger partial charge in [-0.15, -0.1) is 0 Å². The largest absolute Gasteiger partial charge is 0.450 e. The number of ether oxygens (including phenoxy) is 1. The van der Waals surface area contributed by atoms with E-state index in [1.54, 1.807) is 29.7 Å². The number of anilines is 2. The molecule has 2 heterocycles. The van der Waals surface area contributed by atoms with Crippen molar-refractivity contribution in [2.24, 2.45) is 0 Å². The molecule has 2 amide bonds. The van der Waals surface area contributed by atoms with Crippen LogP contribution >= 0.6 is 0 Å². The van der Waals surface area contributed by atoms with Crippen molar-refractivity contribution in [2.75, 3.05) is 38.1 Å². The second kappa shape index (κ2) is 8.69. The van der Waals surface area contributed by atoms with Crippen molar-refractivity contribution < 1.29 is 14.3 Å². The number of aryl methyl sites for hydroxylation is 2. The number of amides is 2. The van der Waals surface area contributed by atoms with Crippen LogP contribution in [0.2, 0.25) is 0 Å². The van der Waals surface area contributed by atoms with E-state index in [1.807, 2.05) is 31.2 Å². The second-order valence-electron chi connectivity index (χ2n) is 6.60. The minimum atomic E-state index is -0.336. The Balaban J connectivity index is 1.70. The zero-order chi connectivity index (χ0) is 20.1. The fourth-order valence-corrected chi connectivity index (χ4v) is 3.06. The Morgan fingerprint density at radius 2 is 1.75 bits per heavy atom. The molecular formula is C20H25N5O3. The van der Waals surface area contributed by atoms with Crippen LogP contribution in [-0.2, 0) is 4.74 Å². The third kappa shape index (κ3) is 4.57. The summed E-state index contributed by atoms with van der Waals surface area (Å²) >= 11 is 0. The number of piperazine rings is 1. The maximum Gasteiger partial charge on any atom is 0.409 e. The van der Waals surface area contributed by atoms with Crippen LogP contribution in [0.1, 0.15) is 28.8 Å². The van der Waals surface area contributed by atoms with Crippen LogP contribution in [0.15, 0.2) is 30.3 Å². The van der Waals surface area contributed by atoms with E-state index >= 15 is 0 Å². The van der Waals surface area contributed by atoms with Crippen LogP contribution in [0.5, 0.6) is 0 Å². The lowest BCUT2D eigenvalue weighted by Crippen LogP contribution is -2.50. The lowest BCUT2D eigenvalue weighted by Gasteiger charge is -2.33. The van der Waals surface area contributed by atoms with Gasteiger partial charge >= 0.3 is 6.09 Å². The van der Waals surface area contributed by atoms with Gasteiger partial charge in [-0.25, -0.2) is 14.8 Å². The van der Waals surface area contributed by atoms with Gasteiger partial charge in [0.15, 0.2) is 0 Å². The number of benzene rings is 1. The van der Waals surface area contributed by atoms with E-state index < -0.39 is 0 Å². The first-order valence-electron chi connectivity index (χ1n) is 9.37. The highest BCUT2D eigenvalue weighted by Crippen LogP contribution is 2.20. The average Bonchev–Trinajstić information content (AvgIpc) is 2.69. The zero-order valence-electron chi connectivity index (χ0n) is 16.4. The first-order valence-corrected chi connectivity index (χ1v) is 9.37. The molecule has 0 radical (unpaired) electrons. The molecule has 0 spiro atoms. The molecule has 0 bridgehead atoms. The number of aromatic nitrogens is 2. The van der Waals surface area contributed by atoms with E-state index in [-0.39, 0.29) is 12.0 Å². The van der Waals surface area contributed by atoms with Gasteiger partial charge in [0.05, 0.1) is 6.61 Å². The van der Waals surface area contributed by atoms with Crippen molar-refractivity contribution in [3.05, 3.63) is 47.4 Å². The number of nitrogens with zero attached hydrogens (tertiary/aromatic N) is 4. The summed E-state index contributed by atoms with van der Waals surface area (Å²) < 4.78 is 5.01. The number of nitrogens with one attached hydrogen (secondary N) is 1. The normalized spacial score (nSPS) is 14.0. The molecule has 0 saturated carbocycles. The third-order valence-electron chi connectivity index (χ3n) is 4.56. The van der Waals surface area contributed by atoms with E-state index in [2.05, 4.69) is 15.3 Å². The Labute approximate surface area is 164 Å². The second-order valence-corrected chi connectivity index (χ2v) is 6.60. The summed E-state index contributed by atoms with van der Waals surface area (Å²) in [6.07, 6.45) is -0.336. The van der Waals surface area contributed by atoms with Gasteiger partial charge in [0.2, 0.25) is 0 Å². The molecule has 0 atom stereocenters. The minimum Gasteiger partial charge on any atom is -0.450 e. The van der Waals surface area contributed by atoms with Gasteiger partial charge in [-0.1, -0.05) is 18.2 Å². The van der Waals surface area contributed by atoms with E-state index in [0.717, 1.165) is 11.3 Å². The van der Waals surface area contributed by atoms with Crippen molar-refractivity contribution in [3.8, 4) is 0 Å². The number of hydrogen-bond acceptors (Lipinski definition) is 6. The smallest absolute Gasteiger partial charge is 0.409 e. The Kier molecular flexibility index (Phi) is 6.08. The SMILES string of the molecule is CCOC(=O)N1CCN(C(=O)c2cc(Nc3ccccc3C)nc(C)n2)CC1. The van der Waals surface area contributed by atoms with E-state index in [1.165, 1.54) is 0 Å². The van der Waals surface area contributed by atoms with Crippen LogP contribution in [0.3, 0.4) is 0 Å². The van der Waals surface area contributed by atoms with Gasteiger partial charge in [-0.05, 0) is 32.4 Å². The molecule has 1 saturated heterocycles. The van der Waals surface area contributed by atoms with Gasteiger partial charge in [0, 0.05) is 37.9 Å². The molecule has 148 valence electrons. The third-order valence-corrected chi connectivity index (χ3v) is 4.56. The molecule has 1 aliphatic rings. The molecule has 0 aliphatic carbocycles. The Bertz CT molecular complexity index is 863. The summed E-state index contributed by atoms with van der Waals surface area (Å²) in [6.45, 7) is 7.67. The Morgan fingerprint density at radius 1 is 1.07 bits per heavy atom. The van der Waals surface area contributed by atoms with Crippen LogP contribution in [0.4, 0.5) is 16.3 Å². The van der Waals surface area contributed by atoms with Gasteiger partial charge in [-0.3, -0.25) is 4.79 Å². The summed E-state index contributed by atoms with van der Waals surface area (Å²) in [5.41, 5.74) is 2.36. The summed E-state index contributed by atoms with van der Waals surface area (Å²) in [6, 6.07) is 9.54. The molecule has 8 nitrogen and oxygen atoms in total. The van der Waals surface area contributed by atoms with Gasteiger partial charge in [0.1, 0.15) is 17.3 Å². The lowest BCUT2D eigenvalue weighted by atomic mass is 10.2. The molecular weight excluding hydrogens is 358 g/mol. The summed E-state index contributed by atoms with van der Waals surface area (Å²) in [4.78, 5) is 36.7. The number of hydrogen-bond donors (Lipinski definition) is 1. The number of carbonyl (C=O) groups is 2. The van der Waals surface area contributed by atoms with E-state index in [4.69, 9.17) is 4.74 Å². The first-order chi connectivity index (χ1) is 13.5. The lowest BCUT2D eigenvalue weighted by molar-refractivity contribution is 0.0565. The standard InChI is InChI=1S/C20H25N5O3/c1-4-28-20(27)25-11-9-24(10-12-25)19(26)17-13-18(22-15(3)21-17)23-16-8-6-5-7-14(16)2/h5-8,13H,4,9-12H2,1-3H3,(H,21,22,23). The summed E-state index contributed by atoms with van der Waals surface area (Å²) in [7, 11) is 0. The fourth-order valence-electron chi connectivity index (χ4n) is 3.06. The van der Waals surface area contributed by atoms with Crippen molar-refractivity contribution in [2.45, 2.75) is 20.8 Å². The molecule has 0 unspecified atom stereocenters. The minimum absolute atomic E-state index is 0.165. The number of rotatable bonds is 4. The van der Waals surface area contributed by atoms with Crippen LogP contribution in [-0.4, -0.2) is 64.6 Å². The summed E-state index contributed by atoms with van der Waals surface area (Å²) in [5.74, 6) is 0.934. The van der Waals surface area contributed by atoms with E-state index in [9.17, 15) is 9.59 Å². The highest BCUT2D eigenvalue weighted by Gasteiger charge is 2.26. The Hall–Kier alpha value is -3.16. The molecule has 2 aromatic rings. The van der Waals surface area contributed by atoms with Crippen molar-refractivity contribution in [1.82, 2.24) is 19.8 Å². The molecule has 1 aromatic heterocycles. The monoisotopic (exact) mass is 383 g/mol. The van der Waals surface area contributed by atoms with E-state index in [0.29, 0.717) is 50.1 Å². The van der Waals surface area contributed by atoms with Crippen LogP contribution < -0.4 is 5.32 Å². The highest BCUT2D eigenvalue weighted by atomic mass is 16.6. The van der Waals surface area contributed by atoms with Crippen molar-refractivity contribution >= 4 is 23.5 Å². The molecule has 8 heteroatoms. The van der Waals surface area contributed by atoms with Crippen LogP contribution in [0.25, 0.3) is 0 Å². The maximum atomic E-state index is 12.9. The fraction of sp³-hybridized carbons (Fsp3) is 0.400. The van der Waals surface area contributed by atoms with Gasteiger partial charge in [0.25, 0.3) is 5.91 Å². The number of para-hydroxylation sites is 1. The van der Waals surface area contributed by atoms with Gasteiger partial charge in [-0.2, -0.15) is 0 Å². The Morgan fingerprint density at radius 3 is 2.43 bits per heavy atom. The topological polar surface area (TPSA) is 87.7 Å². The predicted octanol–water partition coefficient (Wildman–Crippen LogP) is 2.75. The molecule has 1 fully saturated rings.